The highest BCUT2D eigenvalue weighted by atomic mass is 35.5. The number of benzene rings is 2. The highest BCUT2D eigenvalue weighted by molar-refractivity contribution is 6.31. The lowest BCUT2D eigenvalue weighted by Gasteiger charge is -2.49. The van der Waals surface area contributed by atoms with Crippen LogP contribution in [0, 0.1) is 5.92 Å². The van der Waals surface area contributed by atoms with Crippen LogP contribution >= 0.6 is 11.6 Å². The van der Waals surface area contributed by atoms with E-state index in [1.165, 1.54) is 0 Å². The van der Waals surface area contributed by atoms with Crippen molar-refractivity contribution >= 4 is 11.6 Å². The zero-order chi connectivity index (χ0) is 24.3. The van der Waals surface area contributed by atoms with E-state index in [4.69, 9.17) is 30.5 Å². The van der Waals surface area contributed by atoms with Gasteiger partial charge < -0.3 is 34.3 Å². The van der Waals surface area contributed by atoms with E-state index < -0.39 is 30.0 Å². The van der Waals surface area contributed by atoms with Crippen molar-refractivity contribution in [3.63, 3.8) is 0 Å². The van der Waals surface area contributed by atoms with Crippen molar-refractivity contribution in [1.82, 2.24) is 0 Å². The van der Waals surface area contributed by atoms with Gasteiger partial charge in [0.1, 0.15) is 35.8 Å². The molecule has 3 N–H and O–H groups in total. The monoisotopic (exact) mass is 492 g/mol. The first-order valence-electron chi connectivity index (χ1n) is 11.7. The Labute approximate surface area is 205 Å². The smallest absolute Gasteiger partial charge is 0.144 e. The number of ether oxygens (including phenoxy) is 4. The molecule has 0 amide bonds. The zero-order valence-corrected chi connectivity index (χ0v) is 20.3. The number of rotatable bonds is 5. The standard InChI is InChI=1S/C26H33ClO7/c1-3-33-20-7-4-17(5-8-20)10-19-11-18(6-9-21(19)27)24-22(28)23(29)25(30)26(34-24)14-31-12-16(2)13-32-15-26/h4-9,11,16,22-25,28-30H,3,10,12-15H2,1-2H3/t16?,22-,23-,24+,25+,26?/m1/s1. The molecule has 8 heteroatoms. The third kappa shape index (κ3) is 5.41. The van der Waals surface area contributed by atoms with Gasteiger partial charge in [-0.1, -0.05) is 42.8 Å². The number of aliphatic hydroxyl groups excluding tert-OH is 3. The van der Waals surface area contributed by atoms with Gasteiger partial charge in [0.2, 0.25) is 0 Å². The molecule has 0 aliphatic carbocycles. The molecule has 4 atom stereocenters. The second kappa shape index (κ2) is 10.9. The second-order valence-corrected chi connectivity index (χ2v) is 9.68. The third-order valence-corrected chi connectivity index (χ3v) is 6.78. The van der Waals surface area contributed by atoms with Gasteiger partial charge in [-0.3, -0.25) is 0 Å². The van der Waals surface area contributed by atoms with Crippen LogP contribution in [0.1, 0.15) is 36.6 Å². The fraction of sp³-hybridized carbons (Fsp3) is 0.538. The van der Waals surface area contributed by atoms with Crippen molar-refractivity contribution < 1.29 is 34.3 Å². The average molecular weight is 493 g/mol. The van der Waals surface area contributed by atoms with E-state index in [9.17, 15) is 15.3 Å². The Balaban J connectivity index is 1.58. The van der Waals surface area contributed by atoms with Gasteiger partial charge in [-0.15, -0.1) is 0 Å². The minimum absolute atomic E-state index is 0.0470. The van der Waals surface area contributed by atoms with Crippen molar-refractivity contribution in [2.45, 2.75) is 50.3 Å². The maximum atomic E-state index is 10.8. The van der Waals surface area contributed by atoms with Crippen molar-refractivity contribution in [2.24, 2.45) is 5.92 Å². The van der Waals surface area contributed by atoms with Crippen LogP contribution in [0.4, 0.5) is 0 Å². The van der Waals surface area contributed by atoms with Crippen molar-refractivity contribution in [3.8, 4) is 5.75 Å². The van der Waals surface area contributed by atoms with E-state index in [1.54, 1.807) is 12.1 Å². The normalized spacial score (nSPS) is 32.2. The molecule has 0 saturated carbocycles. The molecular formula is C26H33ClO7. The Morgan fingerprint density at radius 2 is 1.68 bits per heavy atom. The maximum absolute atomic E-state index is 10.8. The first-order valence-corrected chi connectivity index (χ1v) is 12.1. The molecule has 0 aromatic heterocycles. The van der Waals surface area contributed by atoms with Crippen LogP contribution in [0.3, 0.4) is 0 Å². The third-order valence-electron chi connectivity index (χ3n) is 6.41. The molecule has 0 bridgehead atoms. The van der Waals surface area contributed by atoms with Crippen molar-refractivity contribution in [1.29, 1.82) is 0 Å². The average Bonchev–Trinajstić information content (AvgIpc) is 2.81. The van der Waals surface area contributed by atoms with Gasteiger partial charge in [-0.2, -0.15) is 0 Å². The molecular weight excluding hydrogens is 460 g/mol. The lowest BCUT2D eigenvalue weighted by Crippen LogP contribution is -2.66. The summed E-state index contributed by atoms with van der Waals surface area (Å²) in [7, 11) is 0. The number of halogens is 1. The molecule has 2 aromatic rings. The number of hydrogen-bond acceptors (Lipinski definition) is 7. The largest absolute Gasteiger partial charge is 0.494 e. The number of hydrogen-bond donors (Lipinski definition) is 3. The van der Waals surface area contributed by atoms with E-state index in [-0.39, 0.29) is 19.1 Å². The van der Waals surface area contributed by atoms with Crippen molar-refractivity contribution in [3.05, 3.63) is 64.2 Å². The summed E-state index contributed by atoms with van der Waals surface area (Å²) in [5, 5.41) is 32.9. The first-order chi connectivity index (χ1) is 16.3. The van der Waals surface area contributed by atoms with E-state index in [0.29, 0.717) is 36.8 Å². The van der Waals surface area contributed by atoms with E-state index in [1.807, 2.05) is 44.2 Å². The van der Waals surface area contributed by atoms with Gasteiger partial charge in [0.15, 0.2) is 0 Å². The summed E-state index contributed by atoms with van der Waals surface area (Å²) in [5.41, 5.74) is 1.26. The molecule has 34 heavy (non-hydrogen) atoms. The molecule has 7 nitrogen and oxygen atoms in total. The maximum Gasteiger partial charge on any atom is 0.144 e. The molecule has 2 heterocycles. The first kappa shape index (κ1) is 25.4. The molecule has 186 valence electrons. The predicted octanol–water partition coefficient (Wildman–Crippen LogP) is 2.91. The minimum Gasteiger partial charge on any atom is -0.494 e. The predicted molar refractivity (Wildman–Crippen MR) is 127 cm³/mol. The molecule has 2 aromatic carbocycles. The van der Waals surface area contributed by atoms with Crippen LogP contribution in [0.2, 0.25) is 5.02 Å². The highest BCUT2D eigenvalue weighted by Crippen LogP contribution is 2.40. The molecule has 0 unspecified atom stereocenters. The zero-order valence-electron chi connectivity index (χ0n) is 19.5. The molecule has 1 spiro atoms. The van der Waals surface area contributed by atoms with Crippen molar-refractivity contribution in [2.75, 3.05) is 33.0 Å². The van der Waals surface area contributed by atoms with Gasteiger partial charge >= 0.3 is 0 Å². The topological polar surface area (TPSA) is 97.6 Å². The summed E-state index contributed by atoms with van der Waals surface area (Å²) >= 11 is 6.49. The lowest BCUT2D eigenvalue weighted by atomic mass is 9.83. The summed E-state index contributed by atoms with van der Waals surface area (Å²) in [6.45, 7) is 5.56. The van der Waals surface area contributed by atoms with Gasteiger partial charge in [-0.25, -0.2) is 0 Å². The molecule has 2 fully saturated rings. The summed E-state index contributed by atoms with van der Waals surface area (Å²) in [4.78, 5) is 0. The van der Waals surface area contributed by atoms with Crippen LogP contribution in [0.15, 0.2) is 42.5 Å². The number of aliphatic hydroxyl groups is 3. The summed E-state index contributed by atoms with van der Waals surface area (Å²) in [5.74, 6) is 1.02. The van der Waals surface area contributed by atoms with E-state index >= 15 is 0 Å². The van der Waals surface area contributed by atoms with Gasteiger partial charge in [0.05, 0.1) is 33.0 Å². The lowest BCUT2D eigenvalue weighted by molar-refractivity contribution is -0.301. The quantitative estimate of drug-likeness (QED) is 0.590. The Morgan fingerprint density at radius 1 is 1.00 bits per heavy atom. The van der Waals surface area contributed by atoms with Crippen LogP contribution in [-0.4, -0.2) is 72.3 Å². The highest BCUT2D eigenvalue weighted by Gasteiger charge is 2.54. The second-order valence-electron chi connectivity index (χ2n) is 9.27. The molecule has 2 aliphatic rings. The van der Waals surface area contributed by atoms with Gasteiger partial charge in [0.25, 0.3) is 0 Å². The van der Waals surface area contributed by atoms with E-state index in [2.05, 4.69) is 0 Å². The SMILES string of the molecule is CCOc1ccc(Cc2cc([C@@H]3OC4(COCC(C)COC4)[C@@H](O)[C@H](O)[C@H]3O)ccc2Cl)cc1. The van der Waals surface area contributed by atoms with Crippen LogP contribution < -0.4 is 4.74 Å². The minimum atomic E-state index is -1.42. The molecule has 2 aliphatic heterocycles. The molecule has 0 radical (unpaired) electrons. The Kier molecular flexibility index (Phi) is 8.15. The van der Waals surface area contributed by atoms with Crippen LogP contribution in [0.25, 0.3) is 0 Å². The van der Waals surface area contributed by atoms with Gasteiger partial charge in [0, 0.05) is 10.9 Å². The summed E-state index contributed by atoms with van der Waals surface area (Å²) < 4.78 is 23.3. The van der Waals surface area contributed by atoms with Crippen LogP contribution in [0.5, 0.6) is 5.75 Å². The van der Waals surface area contributed by atoms with E-state index in [0.717, 1.165) is 16.9 Å². The molecule has 4 rings (SSSR count). The summed E-state index contributed by atoms with van der Waals surface area (Å²) in [6, 6.07) is 13.2. The summed E-state index contributed by atoms with van der Waals surface area (Å²) in [6.07, 6.45) is -4.43. The fourth-order valence-electron chi connectivity index (χ4n) is 4.53. The fourth-order valence-corrected chi connectivity index (χ4v) is 4.71. The Morgan fingerprint density at radius 3 is 2.32 bits per heavy atom. The Bertz CT molecular complexity index is 941. The molecule has 2 saturated heterocycles. The van der Waals surface area contributed by atoms with Gasteiger partial charge in [-0.05, 0) is 48.2 Å². The van der Waals surface area contributed by atoms with Crippen LogP contribution in [-0.2, 0) is 20.6 Å². The Hall–Kier alpha value is -1.71.